The highest BCUT2D eigenvalue weighted by Crippen LogP contribution is 2.17. The molecule has 178 valence electrons. The highest BCUT2D eigenvalue weighted by Gasteiger charge is 2.09. The van der Waals surface area contributed by atoms with Crippen LogP contribution in [-0.4, -0.2) is 94.9 Å². The Hall–Kier alpha value is -2.34. The van der Waals surface area contributed by atoms with E-state index in [0.29, 0.717) is 29.8 Å². The van der Waals surface area contributed by atoms with Crippen LogP contribution in [0, 0.1) is 0 Å². The second-order valence-electron chi connectivity index (χ2n) is 8.12. The fourth-order valence-electron chi connectivity index (χ4n) is 2.94. The molecule has 1 atom stereocenters. The van der Waals surface area contributed by atoms with Crippen LogP contribution >= 0.6 is 0 Å². The summed E-state index contributed by atoms with van der Waals surface area (Å²) >= 11 is -2.30. The fraction of sp³-hybridized carbons (Fsp3) is 0.571. The number of nitrogens with zero attached hydrogens (tertiary/aromatic N) is 6. The molecular weight excluding hydrogens is 428 g/mol. The number of hydrogen-bond acceptors (Lipinski definition) is 9. The van der Waals surface area contributed by atoms with Crippen LogP contribution in [0.15, 0.2) is 24.3 Å². The van der Waals surface area contributed by atoms with Crippen molar-refractivity contribution in [3.63, 3.8) is 0 Å². The Morgan fingerprint density at radius 2 is 1.34 bits per heavy atom. The monoisotopic (exact) mass is 463 g/mol. The molecule has 1 heterocycles. The van der Waals surface area contributed by atoms with E-state index in [1.807, 2.05) is 12.1 Å². The molecule has 0 aliphatic heterocycles. The van der Waals surface area contributed by atoms with Gasteiger partial charge in [-0.3, -0.25) is 4.21 Å². The van der Waals surface area contributed by atoms with Gasteiger partial charge in [-0.15, -0.1) is 0 Å². The lowest BCUT2D eigenvalue weighted by atomic mass is 10.1. The van der Waals surface area contributed by atoms with Crippen molar-refractivity contribution >= 4 is 28.9 Å². The topological polar surface area (TPSA) is 113 Å². The fourth-order valence-corrected chi connectivity index (χ4v) is 3.23. The van der Waals surface area contributed by atoms with Gasteiger partial charge < -0.3 is 29.3 Å². The quantitative estimate of drug-likeness (QED) is 0.317. The average Bonchev–Trinajstić information content (AvgIpc) is 2.74. The molecule has 1 unspecified atom stereocenters. The number of nitrogens with one attached hydrogen (secondary N) is 2. The minimum Gasteiger partial charge on any atom is -0.755 e. The summed E-state index contributed by atoms with van der Waals surface area (Å²) in [6, 6.07) is 7.31. The minimum atomic E-state index is -2.30. The zero-order chi connectivity index (χ0) is 23.5. The Bertz CT molecular complexity index is 814. The molecule has 1 aromatic carbocycles. The molecule has 0 amide bonds. The first-order valence-corrected chi connectivity index (χ1v) is 11.7. The second-order valence-corrected chi connectivity index (χ2v) is 9.11. The zero-order valence-electron chi connectivity index (χ0n) is 19.7. The van der Waals surface area contributed by atoms with Crippen molar-refractivity contribution in [1.82, 2.24) is 24.8 Å². The van der Waals surface area contributed by atoms with E-state index in [0.717, 1.165) is 44.6 Å². The second kappa shape index (κ2) is 13.3. The molecule has 2 aromatic rings. The van der Waals surface area contributed by atoms with Crippen molar-refractivity contribution in [3.05, 3.63) is 35.7 Å². The summed E-state index contributed by atoms with van der Waals surface area (Å²) < 4.78 is 23.4. The Morgan fingerprint density at radius 3 is 1.78 bits per heavy atom. The smallest absolute Gasteiger partial charge is 0.227 e. The maximum absolute atomic E-state index is 11.1. The van der Waals surface area contributed by atoms with Crippen LogP contribution in [-0.2, 0) is 17.7 Å². The Labute approximate surface area is 193 Å². The summed E-state index contributed by atoms with van der Waals surface area (Å²) in [5, 5.41) is 6.60. The molecule has 10 nitrogen and oxygen atoms in total. The van der Waals surface area contributed by atoms with E-state index in [-0.39, 0.29) is 0 Å². The predicted molar refractivity (Wildman–Crippen MR) is 130 cm³/mol. The van der Waals surface area contributed by atoms with Crippen molar-refractivity contribution in [2.75, 3.05) is 76.4 Å². The van der Waals surface area contributed by atoms with Gasteiger partial charge in [-0.1, -0.05) is 12.1 Å². The SMILES string of the molecule is CN(C)CCCNc1nc(Cc2ccc(N(C)S(=O)[O-])cc2)nc(NCCCN(C)C)n1. The van der Waals surface area contributed by atoms with Crippen LogP contribution in [0.4, 0.5) is 17.6 Å². The molecule has 2 N–H and O–H groups in total. The van der Waals surface area contributed by atoms with Gasteiger partial charge in [0.1, 0.15) is 5.82 Å². The Morgan fingerprint density at radius 1 is 0.844 bits per heavy atom. The largest absolute Gasteiger partial charge is 0.755 e. The summed E-state index contributed by atoms with van der Waals surface area (Å²) in [4.78, 5) is 18.0. The van der Waals surface area contributed by atoms with Gasteiger partial charge >= 0.3 is 0 Å². The van der Waals surface area contributed by atoms with E-state index in [1.54, 1.807) is 12.1 Å². The highest BCUT2D eigenvalue weighted by molar-refractivity contribution is 7.80. The maximum Gasteiger partial charge on any atom is 0.227 e. The first kappa shape index (κ1) is 25.9. The first-order chi connectivity index (χ1) is 15.2. The highest BCUT2D eigenvalue weighted by atomic mass is 32.2. The normalized spacial score (nSPS) is 12.2. The summed E-state index contributed by atoms with van der Waals surface area (Å²) in [6.07, 6.45) is 2.48. The molecule has 1 aromatic heterocycles. The minimum absolute atomic E-state index is 0.520. The predicted octanol–water partition coefficient (Wildman–Crippen LogP) is 1.42. The van der Waals surface area contributed by atoms with Crippen molar-refractivity contribution in [3.8, 4) is 0 Å². The van der Waals surface area contributed by atoms with Crippen molar-refractivity contribution < 1.29 is 8.76 Å². The van der Waals surface area contributed by atoms with Gasteiger partial charge in [-0.2, -0.15) is 15.0 Å². The maximum atomic E-state index is 11.1. The average molecular weight is 464 g/mol. The molecule has 2 rings (SSSR count). The van der Waals surface area contributed by atoms with E-state index in [2.05, 4.69) is 63.6 Å². The lowest BCUT2D eigenvalue weighted by Gasteiger charge is -2.21. The number of benzene rings is 1. The van der Waals surface area contributed by atoms with E-state index in [9.17, 15) is 8.76 Å². The molecule has 0 radical (unpaired) electrons. The van der Waals surface area contributed by atoms with Gasteiger partial charge in [-0.25, -0.2) is 0 Å². The molecule has 32 heavy (non-hydrogen) atoms. The molecule has 0 aliphatic rings. The summed E-state index contributed by atoms with van der Waals surface area (Å²) in [5.41, 5.74) is 1.59. The Balaban J connectivity index is 2.09. The van der Waals surface area contributed by atoms with E-state index in [1.165, 1.54) is 11.4 Å². The van der Waals surface area contributed by atoms with E-state index < -0.39 is 11.3 Å². The summed E-state index contributed by atoms with van der Waals surface area (Å²) in [7, 11) is 9.71. The van der Waals surface area contributed by atoms with Crippen LogP contribution < -0.4 is 14.9 Å². The standard InChI is InChI=1S/C21H36N8O2S/c1-27(2)14-6-12-22-20-24-19(25-21(26-20)23-13-7-15-28(3)4)16-17-8-10-18(11-9-17)29(5)32(30)31/h8-11H,6-7,12-16H2,1-5H3,(H,30,31)(H2,22,23,24,25,26)/p-1. The van der Waals surface area contributed by atoms with Gasteiger partial charge in [0.25, 0.3) is 0 Å². The van der Waals surface area contributed by atoms with Crippen LogP contribution in [0.2, 0.25) is 0 Å². The van der Waals surface area contributed by atoms with E-state index in [4.69, 9.17) is 0 Å². The Kier molecular flexibility index (Phi) is 10.7. The molecular formula is C21H35N8O2S-. The van der Waals surface area contributed by atoms with Gasteiger partial charge in [-0.05, 0) is 71.8 Å². The first-order valence-electron chi connectivity index (χ1n) is 10.7. The zero-order valence-corrected chi connectivity index (χ0v) is 20.5. The molecule has 0 saturated carbocycles. The lowest BCUT2D eigenvalue weighted by Crippen LogP contribution is -2.19. The molecule has 0 saturated heterocycles. The number of aromatic nitrogens is 3. The number of hydrogen-bond donors (Lipinski definition) is 2. The van der Waals surface area contributed by atoms with Gasteiger partial charge in [0, 0.05) is 43.5 Å². The third kappa shape index (κ3) is 9.43. The molecule has 0 spiro atoms. The number of anilines is 3. The van der Waals surface area contributed by atoms with Crippen LogP contribution in [0.5, 0.6) is 0 Å². The van der Waals surface area contributed by atoms with E-state index >= 15 is 0 Å². The number of rotatable bonds is 14. The van der Waals surface area contributed by atoms with Crippen LogP contribution in [0.3, 0.4) is 0 Å². The van der Waals surface area contributed by atoms with Gasteiger partial charge in [0.2, 0.25) is 11.9 Å². The van der Waals surface area contributed by atoms with Gasteiger partial charge in [0.15, 0.2) is 0 Å². The molecule has 0 aliphatic carbocycles. The van der Waals surface area contributed by atoms with Crippen molar-refractivity contribution in [2.24, 2.45) is 0 Å². The van der Waals surface area contributed by atoms with Crippen molar-refractivity contribution in [1.29, 1.82) is 0 Å². The molecule has 11 heteroatoms. The molecule has 0 fully saturated rings. The third-order valence-corrected chi connectivity index (χ3v) is 5.36. The molecule has 0 bridgehead atoms. The van der Waals surface area contributed by atoms with Crippen molar-refractivity contribution in [2.45, 2.75) is 19.3 Å². The van der Waals surface area contributed by atoms with Gasteiger partial charge in [0.05, 0.1) is 0 Å². The van der Waals surface area contributed by atoms with Crippen LogP contribution in [0.25, 0.3) is 0 Å². The van der Waals surface area contributed by atoms with Crippen LogP contribution in [0.1, 0.15) is 24.2 Å². The third-order valence-electron chi connectivity index (χ3n) is 4.70. The summed E-state index contributed by atoms with van der Waals surface area (Å²) in [5.74, 6) is 1.77. The lowest BCUT2D eigenvalue weighted by molar-refractivity contribution is 0.405. The summed E-state index contributed by atoms with van der Waals surface area (Å²) in [6.45, 7) is 3.51.